The molecule has 0 heterocycles. The Hall–Kier alpha value is -1.96. The third-order valence-electron chi connectivity index (χ3n) is 11.4. The van der Waals surface area contributed by atoms with Crippen LogP contribution in [0.2, 0.25) is 0 Å². The maximum absolute atomic E-state index is 12.8. The molecule has 0 aromatic rings. The number of carbonyl (C=O) groups excluding carboxylic acids is 1. The Labute approximate surface area is 387 Å². The quantitative estimate of drug-likeness (QED) is 0.0147. The van der Waals surface area contributed by atoms with Crippen LogP contribution in [0.3, 0.4) is 0 Å². The second-order valence-corrected chi connectivity index (χ2v) is 18.7. The molecule has 0 spiro atoms. The Morgan fingerprint density at radius 3 is 1.42 bits per heavy atom. The van der Waals surface area contributed by atoms with Gasteiger partial charge in [0, 0.05) is 13.0 Å². The Morgan fingerprint density at radius 2 is 0.922 bits per heavy atom. The van der Waals surface area contributed by atoms with E-state index in [1.807, 2.05) is 0 Å². The van der Waals surface area contributed by atoms with Gasteiger partial charge in [0.25, 0.3) is 0 Å². The zero-order valence-corrected chi connectivity index (χ0v) is 40.7. The van der Waals surface area contributed by atoms with Crippen molar-refractivity contribution in [2.45, 2.75) is 236 Å². The molecule has 13 heteroatoms. The largest absolute Gasteiger partial charge is 0.472 e. The smallest absolute Gasteiger partial charge is 0.457 e. The topological polar surface area (TPSA) is 192 Å². The van der Waals surface area contributed by atoms with Crippen LogP contribution >= 0.6 is 7.82 Å². The molecule has 372 valence electrons. The van der Waals surface area contributed by atoms with Crippen LogP contribution in [0, 0.1) is 0 Å². The predicted molar refractivity (Wildman–Crippen MR) is 258 cm³/mol. The van der Waals surface area contributed by atoms with E-state index >= 15 is 0 Å². The first kappa shape index (κ1) is 60.1. The minimum absolute atomic E-state index is 0.116. The molecule has 1 saturated carbocycles. The third-order valence-corrected chi connectivity index (χ3v) is 12.4. The Balaban J connectivity index is 2.35. The number of unbranched alkanes of at least 4 members (excludes halogenated alkanes) is 20. The molecular weight excluding hydrogens is 836 g/mol. The van der Waals surface area contributed by atoms with E-state index in [2.05, 4.69) is 74.6 Å². The van der Waals surface area contributed by atoms with Gasteiger partial charge in [0.1, 0.15) is 42.7 Å². The highest BCUT2D eigenvalue weighted by molar-refractivity contribution is 7.47. The van der Waals surface area contributed by atoms with Crippen LogP contribution in [0.15, 0.2) is 60.8 Å². The first-order valence-electron chi connectivity index (χ1n) is 25.1. The fourth-order valence-corrected chi connectivity index (χ4v) is 8.39. The number of esters is 1. The third kappa shape index (κ3) is 32.7. The van der Waals surface area contributed by atoms with Gasteiger partial charge in [0.2, 0.25) is 0 Å². The summed E-state index contributed by atoms with van der Waals surface area (Å²) in [5.41, 5.74) is 0. The molecule has 1 aliphatic carbocycles. The lowest BCUT2D eigenvalue weighted by molar-refractivity contribution is -0.220. The first-order chi connectivity index (χ1) is 31.0. The van der Waals surface area contributed by atoms with E-state index in [1.165, 1.54) is 109 Å². The summed E-state index contributed by atoms with van der Waals surface area (Å²) >= 11 is 0. The van der Waals surface area contributed by atoms with Gasteiger partial charge in [-0.2, -0.15) is 0 Å². The van der Waals surface area contributed by atoms with Crippen molar-refractivity contribution in [3.8, 4) is 0 Å². The van der Waals surface area contributed by atoms with Crippen molar-refractivity contribution < 1.29 is 58.3 Å². The average molecular weight is 927 g/mol. The van der Waals surface area contributed by atoms with Gasteiger partial charge in [0.05, 0.1) is 13.2 Å². The lowest BCUT2D eigenvalue weighted by Crippen LogP contribution is -2.64. The summed E-state index contributed by atoms with van der Waals surface area (Å²) in [6, 6.07) is 0. The molecule has 12 nitrogen and oxygen atoms in total. The van der Waals surface area contributed by atoms with Gasteiger partial charge in [0.15, 0.2) is 0 Å². The standard InChI is InChI=1S/C51H91O12P/c1-3-5-7-9-11-13-15-17-19-20-21-22-23-24-25-26-27-28-30-32-34-36-38-40-45(52)62-44(42-60-41-39-37-35-33-31-29-18-16-14-12-10-8-6-4-2)43-61-64(58,59)63-51-49(56)47(54)46(53)48(55)50(51)57/h6,8,12,14,18,20-21,29,33,35,44,46-51,53-57H,3-5,7,9-11,13,15-17,19,22-28,30-32,34,36-43H2,1-2H3,(H,58,59)/b8-6-,14-12-,21-20-,29-18-,35-33-. The summed E-state index contributed by atoms with van der Waals surface area (Å²) in [5.74, 6) is -0.497. The van der Waals surface area contributed by atoms with Crippen LogP contribution in [-0.2, 0) is 27.9 Å². The zero-order chi connectivity index (χ0) is 46.9. The van der Waals surface area contributed by atoms with Gasteiger partial charge < -0.3 is 39.9 Å². The predicted octanol–water partition coefficient (Wildman–Crippen LogP) is 11.0. The Kier molecular flexibility index (Phi) is 38.7. The molecule has 0 aromatic carbocycles. The van der Waals surface area contributed by atoms with Crippen molar-refractivity contribution in [3.63, 3.8) is 0 Å². The molecule has 0 aromatic heterocycles. The number of carbonyl (C=O) groups is 1. The molecule has 0 amide bonds. The van der Waals surface area contributed by atoms with Crippen molar-refractivity contribution in [2.75, 3.05) is 19.8 Å². The summed E-state index contributed by atoms with van der Waals surface area (Å²) in [7, 11) is -5.04. The number of rotatable bonds is 42. The number of phosphoric ester groups is 1. The lowest BCUT2D eigenvalue weighted by atomic mass is 9.85. The van der Waals surface area contributed by atoms with Crippen LogP contribution in [-0.4, -0.2) is 98.9 Å². The van der Waals surface area contributed by atoms with Gasteiger partial charge in [-0.1, -0.05) is 177 Å². The van der Waals surface area contributed by atoms with Crippen molar-refractivity contribution >= 4 is 13.8 Å². The Morgan fingerprint density at radius 1 is 0.516 bits per heavy atom. The molecule has 6 N–H and O–H groups in total. The number of ether oxygens (including phenoxy) is 2. The second-order valence-electron chi connectivity index (χ2n) is 17.3. The molecular formula is C51H91O12P. The van der Waals surface area contributed by atoms with Gasteiger partial charge in [-0.15, -0.1) is 0 Å². The summed E-state index contributed by atoms with van der Waals surface area (Å²) < 4.78 is 34.1. The summed E-state index contributed by atoms with van der Waals surface area (Å²) in [5, 5.41) is 50.2. The molecule has 1 fully saturated rings. The number of aliphatic hydroxyl groups is 5. The van der Waals surface area contributed by atoms with Gasteiger partial charge >= 0.3 is 13.8 Å². The molecule has 0 saturated heterocycles. The van der Waals surface area contributed by atoms with E-state index in [1.54, 1.807) is 0 Å². The molecule has 1 rings (SSSR count). The number of allylic oxidation sites excluding steroid dienone is 10. The van der Waals surface area contributed by atoms with E-state index < -0.39 is 63.1 Å². The van der Waals surface area contributed by atoms with Crippen molar-refractivity contribution in [3.05, 3.63) is 60.8 Å². The average Bonchev–Trinajstić information content (AvgIpc) is 3.28. The number of hydrogen-bond acceptors (Lipinski definition) is 11. The molecule has 64 heavy (non-hydrogen) atoms. The first-order valence-corrected chi connectivity index (χ1v) is 26.6. The number of aliphatic hydroxyl groups excluding tert-OH is 5. The Bertz CT molecular complexity index is 1290. The van der Waals surface area contributed by atoms with Crippen molar-refractivity contribution in [2.24, 2.45) is 0 Å². The van der Waals surface area contributed by atoms with Crippen LogP contribution in [0.5, 0.6) is 0 Å². The minimum atomic E-state index is -5.04. The molecule has 1 aliphatic rings. The number of hydrogen-bond donors (Lipinski definition) is 6. The van der Waals surface area contributed by atoms with Crippen molar-refractivity contribution in [1.29, 1.82) is 0 Å². The fourth-order valence-electron chi connectivity index (χ4n) is 7.41. The molecule has 0 radical (unpaired) electrons. The van der Waals surface area contributed by atoms with E-state index in [9.17, 15) is 39.8 Å². The van der Waals surface area contributed by atoms with Crippen LogP contribution in [0.1, 0.15) is 194 Å². The molecule has 6 unspecified atom stereocenters. The SMILES string of the molecule is CC/C=C\C/C=C\C/C=C\C/C=C\CCCOCC(COP(=O)(O)OC1C(O)C(O)C(O)C(O)C1O)OC(=O)CCCCCCCCCCCCC/C=C\CCCCCCCCCC. The number of phosphoric acid groups is 1. The van der Waals surface area contributed by atoms with E-state index in [-0.39, 0.29) is 13.0 Å². The molecule has 0 bridgehead atoms. The van der Waals surface area contributed by atoms with Crippen LogP contribution < -0.4 is 0 Å². The highest BCUT2D eigenvalue weighted by Gasteiger charge is 2.51. The maximum Gasteiger partial charge on any atom is 0.472 e. The maximum atomic E-state index is 12.8. The van der Waals surface area contributed by atoms with Crippen LogP contribution in [0.4, 0.5) is 0 Å². The van der Waals surface area contributed by atoms with Crippen LogP contribution in [0.25, 0.3) is 0 Å². The van der Waals surface area contributed by atoms with E-state index in [0.717, 1.165) is 51.4 Å². The normalized spacial score (nSPS) is 22.2. The second kappa shape index (κ2) is 41.2. The van der Waals surface area contributed by atoms with Gasteiger partial charge in [-0.25, -0.2) is 4.57 Å². The van der Waals surface area contributed by atoms with E-state index in [4.69, 9.17) is 18.5 Å². The fraction of sp³-hybridized carbons (Fsp3) is 0.784. The summed E-state index contributed by atoms with van der Waals surface area (Å²) in [4.78, 5) is 23.2. The highest BCUT2D eigenvalue weighted by Crippen LogP contribution is 2.47. The zero-order valence-electron chi connectivity index (χ0n) is 39.8. The monoisotopic (exact) mass is 927 g/mol. The van der Waals surface area contributed by atoms with E-state index in [0.29, 0.717) is 19.4 Å². The summed E-state index contributed by atoms with van der Waals surface area (Å²) in [6.07, 6.45) is 40.2. The van der Waals surface area contributed by atoms with Gasteiger partial charge in [-0.3, -0.25) is 13.8 Å². The summed E-state index contributed by atoms with van der Waals surface area (Å²) in [6.45, 7) is 4.01. The van der Waals surface area contributed by atoms with Crippen molar-refractivity contribution in [1.82, 2.24) is 0 Å². The molecule has 6 atom stereocenters. The highest BCUT2D eigenvalue weighted by atomic mass is 31.2. The molecule has 0 aliphatic heterocycles. The minimum Gasteiger partial charge on any atom is -0.457 e. The lowest BCUT2D eigenvalue weighted by Gasteiger charge is -2.41. The van der Waals surface area contributed by atoms with Gasteiger partial charge in [-0.05, 0) is 70.6 Å².